The largest absolute Gasteiger partial charge is 0.484 e. The molecule has 0 fully saturated rings. The first-order chi connectivity index (χ1) is 10.4. The van der Waals surface area contributed by atoms with Crippen LogP contribution in [-0.4, -0.2) is 19.6 Å². The lowest BCUT2D eigenvalue weighted by molar-refractivity contribution is -0.137. The lowest BCUT2D eigenvalue weighted by atomic mass is 10.2. The molecule has 0 aliphatic heterocycles. The molecule has 3 aromatic rings. The molecule has 3 rings (SSSR count). The van der Waals surface area contributed by atoms with Gasteiger partial charge in [-0.25, -0.2) is 4.98 Å². The maximum atomic E-state index is 12.7. The van der Waals surface area contributed by atoms with Crippen molar-refractivity contribution in [1.29, 1.82) is 0 Å². The van der Waals surface area contributed by atoms with Gasteiger partial charge in [-0.1, -0.05) is 6.07 Å². The monoisotopic (exact) mass is 308 g/mol. The van der Waals surface area contributed by atoms with E-state index in [0.29, 0.717) is 11.5 Å². The van der Waals surface area contributed by atoms with Gasteiger partial charge in [0.1, 0.15) is 18.2 Å². The number of halogens is 3. The lowest BCUT2D eigenvalue weighted by Crippen LogP contribution is -2.11. The minimum Gasteiger partial charge on any atom is -0.484 e. The molecule has 8 heteroatoms. The van der Waals surface area contributed by atoms with Gasteiger partial charge in [-0.05, 0) is 31.2 Å². The van der Waals surface area contributed by atoms with Gasteiger partial charge in [0.15, 0.2) is 0 Å². The Bertz CT molecular complexity index is 800. The average Bonchev–Trinajstić information content (AvgIpc) is 2.94. The highest BCUT2D eigenvalue weighted by atomic mass is 19.4. The van der Waals surface area contributed by atoms with E-state index in [0.717, 1.165) is 12.1 Å². The van der Waals surface area contributed by atoms with Crippen molar-refractivity contribution in [3.63, 3.8) is 0 Å². The zero-order chi connectivity index (χ0) is 15.7. The van der Waals surface area contributed by atoms with E-state index in [-0.39, 0.29) is 5.75 Å². The van der Waals surface area contributed by atoms with Crippen molar-refractivity contribution in [3.8, 4) is 5.75 Å². The number of hydrogen-bond acceptors (Lipinski definition) is 4. The van der Waals surface area contributed by atoms with Crippen molar-refractivity contribution >= 4 is 5.78 Å². The molecule has 0 amide bonds. The predicted molar refractivity (Wildman–Crippen MR) is 71.3 cm³/mol. The minimum absolute atomic E-state index is 0.132. The van der Waals surface area contributed by atoms with E-state index in [9.17, 15) is 13.2 Å². The van der Waals surface area contributed by atoms with Gasteiger partial charge in [0.2, 0.25) is 0 Å². The highest BCUT2D eigenvalue weighted by molar-refractivity contribution is 5.32. The third kappa shape index (κ3) is 2.72. The fraction of sp³-hybridized carbons (Fsp3) is 0.214. The van der Waals surface area contributed by atoms with Gasteiger partial charge >= 0.3 is 6.18 Å². The first-order valence-electron chi connectivity index (χ1n) is 6.44. The number of hydrogen-bond donors (Lipinski definition) is 0. The Kier molecular flexibility index (Phi) is 3.44. The van der Waals surface area contributed by atoms with Crippen LogP contribution in [-0.2, 0) is 6.18 Å². The SMILES string of the molecule is CC(Oc1cccc(C(F)(F)F)c1)c1ccnc2ncnn12. The van der Waals surface area contributed by atoms with Crippen LogP contribution >= 0.6 is 0 Å². The molecule has 114 valence electrons. The van der Waals surface area contributed by atoms with Crippen LogP contribution in [0.15, 0.2) is 42.9 Å². The topological polar surface area (TPSA) is 52.3 Å². The summed E-state index contributed by atoms with van der Waals surface area (Å²) < 4.78 is 45.2. The molecule has 0 aliphatic rings. The Morgan fingerprint density at radius 3 is 2.77 bits per heavy atom. The molecule has 0 saturated carbocycles. The van der Waals surface area contributed by atoms with Gasteiger partial charge in [-0.3, -0.25) is 0 Å². The zero-order valence-electron chi connectivity index (χ0n) is 11.4. The van der Waals surface area contributed by atoms with Gasteiger partial charge < -0.3 is 4.74 Å². The lowest BCUT2D eigenvalue weighted by Gasteiger charge is -2.16. The summed E-state index contributed by atoms with van der Waals surface area (Å²) >= 11 is 0. The Morgan fingerprint density at radius 1 is 1.18 bits per heavy atom. The number of fused-ring (bicyclic) bond motifs is 1. The minimum atomic E-state index is -4.40. The predicted octanol–water partition coefficient (Wildman–Crippen LogP) is 3.28. The fourth-order valence-corrected chi connectivity index (χ4v) is 2.07. The smallest absolute Gasteiger partial charge is 0.416 e. The molecule has 1 unspecified atom stereocenters. The molecule has 1 aromatic carbocycles. The zero-order valence-corrected chi connectivity index (χ0v) is 11.4. The van der Waals surface area contributed by atoms with Crippen molar-refractivity contribution in [2.24, 2.45) is 0 Å². The van der Waals surface area contributed by atoms with Gasteiger partial charge in [0.05, 0.1) is 11.3 Å². The van der Waals surface area contributed by atoms with Gasteiger partial charge in [-0.2, -0.15) is 27.8 Å². The van der Waals surface area contributed by atoms with E-state index in [1.165, 1.54) is 23.0 Å². The molecule has 0 saturated heterocycles. The number of alkyl halides is 3. The molecule has 2 aromatic heterocycles. The fourth-order valence-electron chi connectivity index (χ4n) is 2.07. The third-order valence-corrected chi connectivity index (χ3v) is 3.10. The van der Waals surface area contributed by atoms with Crippen molar-refractivity contribution in [2.75, 3.05) is 0 Å². The molecule has 0 radical (unpaired) electrons. The van der Waals surface area contributed by atoms with Gasteiger partial charge in [-0.15, -0.1) is 0 Å². The second-order valence-electron chi connectivity index (χ2n) is 4.63. The highest BCUT2D eigenvalue weighted by Gasteiger charge is 2.30. The van der Waals surface area contributed by atoms with E-state index in [2.05, 4.69) is 15.1 Å². The van der Waals surface area contributed by atoms with E-state index in [1.807, 2.05) is 0 Å². The Labute approximate surface area is 123 Å². The number of aromatic nitrogens is 4. The van der Waals surface area contributed by atoms with Crippen molar-refractivity contribution < 1.29 is 17.9 Å². The third-order valence-electron chi connectivity index (χ3n) is 3.10. The Hall–Kier alpha value is -2.64. The molecule has 0 N–H and O–H groups in total. The van der Waals surface area contributed by atoms with Crippen LogP contribution in [0.4, 0.5) is 13.2 Å². The maximum absolute atomic E-state index is 12.7. The summed E-state index contributed by atoms with van der Waals surface area (Å²) in [6.07, 6.45) is -2.03. The van der Waals surface area contributed by atoms with Crippen molar-refractivity contribution in [1.82, 2.24) is 19.6 Å². The van der Waals surface area contributed by atoms with Crippen LogP contribution in [0.3, 0.4) is 0 Å². The molecule has 2 heterocycles. The standard InChI is InChI=1S/C14H11F3N4O/c1-9(12-5-6-18-13-19-8-20-21(12)13)22-11-4-2-3-10(7-11)14(15,16)17/h2-9H,1H3. The summed E-state index contributed by atoms with van der Waals surface area (Å²) in [4.78, 5) is 7.97. The second-order valence-corrected chi connectivity index (χ2v) is 4.63. The molecule has 22 heavy (non-hydrogen) atoms. The van der Waals surface area contributed by atoms with Crippen LogP contribution in [0.25, 0.3) is 5.78 Å². The molecule has 5 nitrogen and oxygen atoms in total. The molecule has 0 spiro atoms. The van der Waals surface area contributed by atoms with E-state index in [1.54, 1.807) is 19.2 Å². The number of ether oxygens (including phenoxy) is 1. The first kappa shape index (κ1) is 14.3. The molecular weight excluding hydrogens is 297 g/mol. The molecular formula is C14H11F3N4O. The molecule has 0 aliphatic carbocycles. The summed E-state index contributed by atoms with van der Waals surface area (Å²) in [6.45, 7) is 1.72. The van der Waals surface area contributed by atoms with Crippen LogP contribution in [0.5, 0.6) is 5.75 Å². The average molecular weight is 308 g/mol. The van der Waals surface area contributed by atoms with E-state index >= 15 is 0 Å². The van der Waals surface area contributed by atoms with Crippen LogP contribution in [0.2, 0.25) is 0 Å². The summed E-state index contributed by atoms with van der Waals surface area (Å²) in [5.41, 5.74) is -0.113. The van der Waals surface area contributed by atoms with Crippen LogP contribution < -0.4 is 4.74 Å². The normalized spacial score (nSPS) is 13.3. The van der Waals surface area contributed by atoms with Crippen LogP contribution in [0.1, 0.15) is 24.3 Å². The van der Waals surface area contributed by atoms with Crippen molar-refractivity contribution in [2.45, 2.75) is 19.2 Å². The number of nitrogens with zero attached hydrogens (tertiary/aromatic N) is 4. The quantitative estimate of drug-likeness (QED) is 0.745. The number of rotatable bonds is 3. The maximum Gasteiger partial charge on any atom is 0.416 e. The van der Waals surface area contributed by atoms with Gasteiger partial charge in [0.25, 0.3) is 5.78 Å². The highest BCUT2D eigenvalue weighted by Crippen LogP contribution is 2.32. The van der Waals surface area contributed by atoms with Crippen LogP contribution in [0, 0.1) is 0 Å². The molecule has 0 bridgehead atoms. The first-order valence-corrected chi connectivity index (χ1v) is 6.44. The van der Waals surface area contributed by atoms with E-state index < -0.39 is 17.8 Å². The summed E-state index contributed by atoms with van der Waals surface area (Å²) in [5, 5.41) is 4.02. The summed E-state index contributed by atoms with van der Waals surface area (Å²) in [5.74, 6) is 0.532. The Morgan fingerprint density at radius 2 is 2.00 bits per heavy atom. The van der Waals surface area contributed by atoms with Crippen molar-refractivity contribution in [3.05, 3.63) is 54.1 Å². The van der Waals surface area contributed by atoms with E-state index in [4.69, 9.17) is 4.74 Å². The summed E-state index contributed by atoms with van der Waals surface area (Å²) in [7, 11) is 0. The number of benzene rings is 1. The molecule has 1 atom stereocenters. The Balaban J connectivity index is 1.88. The van der Waals surface area contributed by atoms with Gasteiger partial charge in [0, 0.05) is 6.20 Å². The second kappa shape index (κ2) is 5.28. The summed E-state index contributed by atoms with van der Waals surface area (Å²) in [6, 6.07) is 6.43.